The van der Waals surface area contributed by atoms with E-state index < -0.39 is 18.0 Å². The Bertz CT molecular complexity index is 443. The molecular formula is C11H13NO5. The van der Waals surface area contributed by atoms with Crippen LogP contribution in [0.25, 0.3) is 0 Å². The van der Waals surface area contributed by atoms with E-state index in [1.807, 2.05) is 0 Å². The molecule has 0 saturated carbocycles. The van der Waals surface area contributed by atoms with Crippen molar-refractivity contribution in [3.8, 4) is 11.5 Å². The number of hydrogen-bond donors (Lipinski definition) is 2. The molecule has 1 aromatic rings. The van der Waals surface area contributed by atoms with Crippen LogP contribution in [0.5, 0.6) is 11.5 Å². The number of amides is 1. The maximum Gasteiger partial charge on any atom is 0.339 e. The number of hydrogen-bond acceptors (Lipinski definition) is 4. The minimum atomic E-state index is -1.17. The minimum Gasteiger partial charge on any atom is -0.493 e. The number of nitrogens with two attached hydrogens (primary N) is 1. The fourth-order valence-corrected chi connectivity index (χ4v) is 1.20. The first-order valence-electron chi connectivity index (χ1n) is 4.83. The highest BCUT2D eigenvalue weighted by Gasteiger charge is 2.20. The summed E-state index contributed by atoms with van der Waals surface area (Å²) in [7, 11) is 1.38. The van der Waals surface area contributed by atoms with E-state index in [1.54, 1.807) is 0 Å². The lowest BCUT2D eigenvalue weighted by atomic mass is 10.2. The number of carboxylic acid groups (broad SMARTS) is 1. The maximum absolute atomic E-state index is 11.0. The summed E-state index contributed by atoms with van der Waals surface area (Å²) in [6.07, 6.45) is -0.940. The number of rotatable bonds is 5. The molecule has 0 spiro atoms. The fraction of sp³-hybridized carbons (Fsp3) is 0.273. The van der Waals surface area contributed by atoms with Crippen LogP contribution >= 0.6 is 0 Å². The third-order valence-electron chi connectivity index (χ3n) is 2.12. The maximum atomic E-state index is 11.0. The zero-order valence-electron chi connectivity index (χ0n) is 9.47. The van der Waals surface area contributed by atoms with Gasteiger partial charge in [0.2, 0.25) is 0 Å². The molecule has 3 N–H and O–H groups in total. The Hall–Kier alpha value is -2.24. The molecule has 0 radical (unpaired) electrons. The van der Waals surface area contributed by atoms with Crippen molar-refractivity contribution in [1.82, 2.24) is 0 Å². The van der Waals surface area contributed by atoms with Crippen molar-refractivity contribution in [2.75, 3.05) is 7.11 Å². The van der Waals surface area contributed by atoms with Gasteiger partial charge in [-0.3, -0.25) is 4.79 Å². The van der Waals surface area contributed by atoms with Crippen molar-refractivity contribution in [3.63, 3.8) is 0 Å². The zero-order chi connectivity index (χ0) is 13.0. The van der Waals surface area contributed by atoms with Gasteiger partial charge in [-0.15, -0.1) is 0 Å². The lowest BCUT2D eigenvalue weighted by Crippen LogP contribution is -2.31. The third-order valence-corrected chi connectivity index (χ3v) is 2.12. The molecule has 1 amide bonds. The summed E-state index contributed by atoms with van der Waals surface area (Å²) < 4.78 is 10.2. The highest BCUT2D eigenvalue weighted by atomic mass is 16.5. The molecule has 6 nitrogen and oxygen atoms in total. The van der Waals surface area contributed by atoms with Crippen molar-refractivity contribution in [2.45, 2.75) is 13.0 Å². The van der Waals surface area contributed by atoms with Gasteiger partial charge in [-0.1, -0.05) is 6.07 Å². The first kappa shape index (κ1) is 12.8. The monoisotopic (exact) mass is 239 g/mol. The van der Waals surface area contributed by atoms with Gasteiger partial charge < -0.3 is 20.3 Å². The number of carbonyl (C=O) groups excluding carboxylic acids is 1. The van der Waals surface area contributed by atoms with Crippen LogP contribution in [0.15, 0.2) is 18.2 Å². The van der Waals surface area contributed by atoms with E-state index in [9.17, 15) is 9.59 Å². The number of para-hydroxylation sites is 1. The van der Waals surface area contributed by atoms with E-state index in [0.29, 0.717) is 0 Å². The van der Waals surface area contributed by atoms with E-state index in [1.165, 1.54) is 32.2 Å². The first-order valence-corrected chi connectivity index (χ1v) is 4.83. The predicted molar refractivity (Wildman–Crippen MR) is 59.2 cm³/mol. The molecule has 0 aliphatic heterocycles. The summed E-state index contributed by atoms with van der Waals surface area (Å²) in [4.78, 5) is 21.9. The Morgan fingerprint density at radius 3 is 2.53 bits per heavy atom. The van der Waals surface area contributed by atoms with Crippen LogP contribution in [0.4, 0.5) is 0 Å². The van der Waals surface area contributed by atoms with Crippen LogP contribution in [0.1, 0.15) is 17.3 Å². The number of primary amides is 1. The standard InChI is InChI=1S/C11H13NO5/c1-6(10(12)13)17-9-7(11(14)15)4-3-5-8(9)16-2/h3-6H,1-2H3,(H2,12,13)(H,14,15). The smallest absolute Gasteiger partial charge is 0.339 e. The van der Waals surface area contributed by atoms with Crippen LogP contribution < -0.4 is 15.2 Å². The largest absolute Gasteiger partial charge is 0.493 e. The first-order chi connectivity index (χ1) is 7.97. The summed E-state index contributed by atoms with van der Waals surface area (Å²) in [6.45, 7) is 1.43. The Kier molecular flexibility index (Phi) is 3.92. The molecule has 6 heteroatoms. The van der Waals surface area contributed by atoms with Gasteiger partial charge in [0, 0.05) is 0 Å². The second kappa shape index (κ2) is 5.20. The van der Waals surface area contributed by atoms with Gasteiger partial charge in [0.05, 0.1) is 7.11 Å². The summed E-state index contributed by atoms with van der Waals surface area (Å²) in [5.74, 6) is -1.63. The molecule has 0 heterocycles. The van der Waals surface area contributed by atoms with Gasteiger partial charge >= 0.3 is 5.97 Å². The molecular weight excluding hydrogens is 226 g/mol. The van der Waals surface area contributed by atoms with Crippen LogP contribution in [0.3, 0.4) is 0 Å². The molecule has 0 bridgehead atoms. The van der Waals surface area contributed by atoms with Crippen LogP contribution in [0.2, 0.25) is 0 Å². The van der Waals surface area contributed by atoms with Gasteiger partial charge in [0.1, 0.15) is 5.56 Å². The van der Waals surface area contributed by atoms with E-state index in [4.69, 9.17) is 20.3 Å². The lowest BCUT2D eigenvalue weighted by Gasteiger charge is -2.16. The van der Waals surface area contributed by atoms with Crippen molar-refractivity contribution in [2.24, 2.45) is 5.73 Å². The molecule has 1 rings (SSSR count). The average molecular weight is 239 g/mol. The van der Waals surface area contributed by atoms with Gasteiger partial charge in [-0.05, 0) is 19.1 Å². The molecule has 17 heavy (non-hydrogen) atoms. The molecule has 1 atom stereocenters. The summed E-state index contributed by atoms with van der Waals surface area (Å²) in [5, 5.41) is 8.99. The van der Waals surface area contributed by atoms with Crippen molar-refractivity contribution in [3.05, 3.63) is 23.8 Å². The Balaban J connectivity index is 3.18. The van der Waals surface area contributed by atoms with E-state index in [2.05, 4.69) is 0 Å². The SMILES string of the molecule is COc1cccc(C(=O)O)c1OC(C)C(N)=O. The van der Waals surface area contributed by atoms with Crippen molar-refractivity contribution >= 4 is 11.9 Å². The zero-order valence-corrected chi connectivity index (χ0v) is 9.47. The minimum absolute atomic E-state index is 0.00574. The third kappa shape index (κ3) is 2.87. The predicted octanol–water partition coefficient (Wildman–Crippen LogP) is 0.646. The number of benzene rings is 1. The lowest BCUT2D eigenvalue weighted by molar-refractivity contribution is -0.124. The molecule has 1 aromatic carbocycles. The molecule has 0 aliphatic rings. The highest BCUT2D eigenvalue weighted by Crippen LogP contribution is 2.31. The summed E-state index contributed by atoms with van der Waals surface area (Å²) in [6, 6.07) is 4.41. The second-order valence-corrected chi connectivity index (χ2v) is 3.30. The van der Waals surface area contributed by atoms with Crippen LogP contribution in [-0.4, -0.2) is 30.2 Å². The Morgan fingerprint density at radius 1 is 1.41 bits per heavy atom. The van der Waals surface area contributed by atoms with Gasteiger partial charge in [-0.2, -0.15) is 0 Å². The normalized spacial score (nSPS) is 11.6. The number of carbonyl (C=O) groups is 2. The fourth-order valence-electron chi connectivity index (χ4n) is 1.20. The van der Waals surface area contributed by atoms with Crippen LogP contribution in [-0.2, 0) is 4.79 Å². The van der Waals surface area contributed by atoms with E-state index in [-0.39, 0.29) is 17.1 Å². The number of ether oxygens (including phenoxy) is 2. The molecule has 0 aliphatic carbocycles. The van der Waals surface area contributed by atoms with E-state index in [0.717, 1.165) is 0 Å². The number of carboxylic acids is 1. The topological polar surface area (TPSA) is 98.8 Å². The Morgan fingerprint density at radius 2 is 2.06 bits per heavy atom. The Labute approximate surface area is 97.9 Å². The quantitative estimate of drug-likeness (QED) is 0.785. The van der Waals surface area contributed by atoms with E-state index >= 15 is 0 Å². The summed E-state index contributed by atoms with van der Waals surface area (Å²) >= 11 is 0. The molecule has 0 saturated heterocycles. The second-order valence-electron chi connectivity index (χ2n) is 3.30. The molecule has 0 aromatic heterocycles. The van der Waals surface area contributed by atoms with Crippen molar-refractivity contribution in [1.29, 1.82) is 0 Å². The highest BCUT2D eigenvalue weighted by molar-refractivity contribution is 5.92. The van der Waals surface area contributed by atoms with Crippen LogP contribution in [0, 0.1) is 0 Å². The summed E-state index contributed by atoms with van der Waals surface area (Å²) in [5.41, 5.74) is 4.96. The van der Waals surface area contributed by atoms with Gasteiger partial charge in [0.15, 0.2) is 17.6 Å². The van der Waals surface area contributed by atoms with Gasteiger partial charge in [0.25, 0.3) is 5.91 Å². The molecule has 0 fully saturated rings. The average Bonchev–Trinajstić information content (AvgIpc) is 2.28. The molecule has 1 unspecified atom stereocenters. The number of methoxy groups -OCH3 is 1. The number of aromatic carboxylic acids is 1. The molecule has 92 valence electrons. The van der Waals surface area contributed by atoms with Crippen molar-refractivity contribution < 1.29 is 24.2 Å². The van der Waals surface area contributed by atoms with Gasteiger partial charge in [-0.25, -0.2) is 4.79 Å².